The molecule has 1 aromatic carbocycles. The number of halogens is 1. The quantitative estimate of drug-likeness (QED) is 0.512. The van der Waals surface area contributed by atoms with Crippen molar-refractivity contribution in [2.75, 3.05) is 37.6 Å². The summed E-state index contributed by atoms with van der Waals surface area (Å²) in [6.45, 7) is 11.5. The summed E-state index contributed by atoms with van der Waals surface area (Å²) in [6.07, 6.45) is 5.85. The molecule has 4 fully saturated rings. The summed E-state index contributed by atoms with van der Waals surface area (Å²) in [7, 11) is 0. The Hall–Kier alpha value is -1.52. The van der Waals surface area contributed by atoms with Crippen molar-refractivity contribution in [3.63, 3.8) is 0 Å². The summed E-state index contributed by atoms with van der Waals surface area (Å²) < 4.78 is 5.95. The van der Waals surface area contributed by atoms with Gasteiger partial charge in [-0.15, -0.1) is 0 Å². The molecule has 0 bridgehead atoms. The monoisotopic (exact) mass is 428 g/mol. The van der Waals surface area contributed by atoms with Gasteiger partial charge in [-0.3, -0.25) is 9.69 Å². The average Bonchev–Trinajstić information content (AvgIpc) is 3.01. The van der Waals surface area contributed by atoms with Crippen LogP contribution in [-0.2, 0) is 9.53 Å². The lowest BCUT2D eigenvalue weighted by Gasteiger charge is -2.50. The molecule has 0 spiro atoms. The van der Waals surface area contributed by atoms with Crippen molar-refractivity contribution in [1.82, 2.24) is 4.90 Å². The Kier molecular flexibility index (Phi) is 5.35. The van der Waals surface area contributed by atoms with Crippen molar-refractivity contribution in [2.24, 2.45) is 23.2 Å². The predicted octanol–water partition coefficient (Wildman–Crippen LogP) is 4.78. The van der Waals surface area contributed by atoms with Crippen LogP contribution < -0.4 is 4.90 Å². The van der Waals surface area contributed by atoms with E-state index in [0.29, 0.717) is 11.8 Å². The second kappa shape index (κ2) is 7.87. The molecule has 0 N–H and O–H groups in total. The van der Waals surface area contributed by atoms with E-state index >= 15 is 0 Å². The van der Waals surface area contributed by atoms with Crippen molar-refractivity contribution < 1.29 is 9.53 Å². The Morgan fingerprint density at radius 1 is 1.27 bits per heavy atom. The fourth-order valence-electron chi connectivity index (χ4n) is 6.60. The number of carbonyl (C=O) groups excluding carboxylic acids is 1. The summed E-state index contributed by atoms with van der Waals surface area (Å²) >= 11 is 6.16. The van der Waals surface area contributed by atoms with Crippen molar-refractivity contribution in [1.29, 1.82) is 0 Å². The van der Waals surface area contributed by atoms with Gasteiger partial charge in [0.1, 0.15) is 6.10 Å². The highest BCUT2D eigenvalue weighted by Crippen LogP contribution is 2.56. The fraction of sp³-hybridized carbons (Fsp3) is 0.640. The molecule has 0 aromatic heterocycles. The molecule has 4 aliphatic rings. The fourth-order valence-corrected chi connectivity index (χ4v) is 6.79. The number of piperazine rings is 1. The summed E-state index contributed by atoms with van der Waals surface area (Å²) in [5, 5.41) is 0.781. The molecule has 30 heavy (non-hydrogen) atoms. The van der Waals surface area contributed by atoms with Crippen molar-refractivity contribution >= 4 is 23.3 Å². The first-order chi connectivity index (χ1) is 14.4. The van der Waals surface area contributed by atoms with Crippen LogP contribution in [0.2, 0.25) is 5.02 Å². The van der Waals surface area contributed by atoms with Crippen molar-refractivity contribution in [3.05, 3.63) is 41.4 Å². The van der Waals surface area contributed by atoms with Crippen LogP contribution in [0.5, 0.6) is 0 Å². The number of fused-ring (bicyclic) bond motifs is 2. The molecule has 5 heteroatoms. The Labute approximate surface area is 185 Å². The molecular weight excluding hydrogens is 396 g/mol. The maximum absolute atomic E-state index is 12.8. The van der Waals surface area contributed by atoms with E-state index in [4.69, 9.17) is 16.3 Å². The predicted molar refractivity (Wildman–Crippen MR) is 121 cm³/mol. The van der Waals surface area contributed by atoms with Crippen LogP contribution >= 0.6 is 11.6 Å². The third-order valence-electron chi connectivity index (χ3n) is 8.32. The number of hydrogen-bond donors (Lipinski definition) is 0. The van der Waals surface area contributed by atoms with Crippen LogP contribution in [0.3, 0.4) is 0 Å². The van der Waals surface area contributed by atoms with Gasteiger partial charge in [0.05, 0.1) is 5.92 Å². The standard InChI is InChI=1S/C25H33ClN2O2/c1-17-5-4-8-25(2)15-23-20(14-22(17)25)21(24(29)30-23)16-27-9-11-28(12-10-27)19-7-3-6-18(26)13-19/h3,6-7,13,20-23H,1,4-5,8-12,14-16H2,2H3/t20-,21-,22+,23-,25-/m1/s1. The molecule has 0 radical (unpaired) electrons. The third-order valence-corrected chi connectivity index (χ3v) is 8.56. The SMILES string of the molecule is C=C1CCC[C@]2(C)C[C@H]3OC(=O)[C@H](CN4CCN(c5cccc(Cl)c5)CC4)[C@H]3C[C@@H]12. The highest BCUT2D eigenvalue weighted by Gasteiger charge is 2.55. The van der Waals surface area contributed by atoms with Gasteiger partial charge in [0.25, 0.3) is 0 Å². The van der Waals surface area contributed by atoms with E-state index < -0.39 is 0 Å². The number of esters is 1. The third kappa shape index (κ3) is 3.67. The summed E-state index contributed by atoms with van der Waals surface area (Å²) in [6, 6.07) is 8.08. The van der Waals surface area contributed by atoms with Crippen LogP contribution in [0.15, 0.2) is 36.4 Å². The van der Waals surface area contributed by atoms with Gasteiger partial charge in [0, 0.05) is 49.4 Å². The van der Waals surface area contributed by atoms with E-state index in [2.05, 4.69) is 29.4 Å². The van der Waals surface area contributed by atoms with Gasteiger partial charge in [0.15, 0.2) is 0 Å². The minimum Gasteiger partial charge on any atom is -0.462 e. The van der Waals surface area contributed by atoms with Crippen LogP contribution in [0.1, 0.15) is 39.0 Å². The molecule has 5 rings (SSSR count). The van der Waals surface area contributed by atoms with E-state index in [1.807, 2.05) is 18.2 Å². The highest BCUT2D eigenvalue weighted by atomic mass is 35.5. The molecule has 0 unspecified atom stereocenters. The van der Waals surface area contributed by atoms with Gasteiger partial charge in [0.2, 0.25) is 0 Å². The van der Waals surface area contributed by atoms with Crippen LogP contribution in [0.4, 0.5) is 5.69 Å². The number of allylic oxidation sites excluding steroid dienone is 1. The van der Waals surface area contributed by atoms with Gasteiger partial charge < -0.3 is 9.64 Å². The lowest BCUT2D eigenvalue weighted by molar-refractivity contribution is -0.146. The number of nitrogens with zero attached hydrogens (tertiary/aromatic N) is 2. The zero-order valence-electron chi connectivity index (χ0n) is 18.0. The van der Waals surface area contributed by atoms with E-state index in [1.165, 1.54) is 24.1 Å². The van der Waals surface area contributed by atoms with E-state index in [-0.39, 0.29) is 23.4 Å². The van der Waals surface area contributed by atoms with Gasteiger partial charge in [-0.05, 0) is 61.6 Å². The second-order valence-electron chi connectivity index (χ2n) is 10.2. The van der Waals surface area contributed by atoms with E-state index in [9.17, 15) is 4.79 Å². The molecule has 1 aromatic rings. The molecule has 2 aliphatic carbocycles. The lowest BCUT2D eigenvalue weighted by atomic mass is 9.55. The smallest absolute Gasteiger partial charge is 0.310 e. The molecule has 2 heterocycles. The number of rotatable bonds is 3. The van der Waals surface area contributed by atoms with Gasteiger partial charge >= 0.3 is 5.97 Å². The Morgan fingerprint density at radius 3 is 2.83 bits per heavy atom. The first-order valence-electron chi connectivity index (χ1n) is 11.5. The van der Waals surface area contributed by atoms with E-state index in [0.717, 1.165) is 57.0 Å². The molecular formula is C25H33ClN2O2. The summed E-state index contributed by atoms with van der Waals surface area (Å²) in [5.74, 6) is 0.975. The molecule has 4 nitrogen and oxygen atoms in total. The Bertz CT molecular complexity index is 834. The maximum atomic E-state index is 12.8. The van der Waals surface area contributed by atoms with Crippen molar-refractivity contribution in [2.45, 2.75) is 45.1 Å². The van der Waals surface area contributed by atoms with Crippen molar-refractivity contribution in [3.8, 4) is 0 Å². The van der Waals surface area contributed by atoms with Crippen LogP contribution in [0, 0.1) is 23.2 Å². The van der Waals surface area contributed by atoms with Gasteiger partial charge in [-0.25, -0.2) is 0 Å². The molecule has 2 saturated heterocycles. The minimum absolute atomic E-state index is 0.0204. The Balaban J connectivity index is 1.23. The largest absolute Gasteiger partial charge is 0.462 e. The first-order valence-corrected chi connectivity index (χ1v) is 11.9. The topological polar surface area (TPSA) is 32.8 Å². The second-order valence-corrected chi connectivity index (χ2v) is 10.6. The Morgan fingerprint density at radius 2 is 2.07 bits per heavy atom. The number of carbonyl (C=O) groups is 1. The molecule has 162 valence electrons. The van der Waals surface area contributed by atoms with Crippen LogP contribution in [-0.4, -0.2) is 49.7 Å². The maximum Gasteiger partial charge on any atom is 0.310 e. The zero-order chi connectivity index (χ0) is 20.9. The summed E-state index contributed by atoms with van der Waals surface area (Å²) in [4.78, 5) is 17.7. The normalized spacial score (nSPS) is 36.9. The van der Waals surface area contributed by atoms with Gasteiger partial charge in [-0.1, -0.05) is 36.7 Å². The number of anilines is 1. The van der Waals surface area contributed by atoms with Crippen LogP contribution in [0.25, 0.3) is 0 Å². The molecule has 2 aliphatic heterocycles. The number of hydrogen-bond acceptors (Lipinski definition) is 4. The van der Waals surface area contributed by atoms with E-state index in [1.54, 1.807) is 0 Å². The minimum atomic E-state index is 0.0204. The molecule has 0 amide bonds. The molecule has 2 saturated carbocycles. The number of benzene rings is 1. The lowest BCUT2D eigenvalue weighted by Crippen LogP contribution is -2.50. The number of ether oxygens (including phenoxy) is 1. The molecule has 5 atom stereocenters. The zero-order valence-corrected chi connectivity index (χ0v) is 18.7. The summed E-state index contributed by atoms with van der Waals surface area (Å²) in [5.41, 5.74) is 2.87. The van der Waals surface area contributed by atoms with Gasteiger partial charge in [-0.2, -0.15) is 0 Å². The highest BCUT2D eigenvalue weighted by molar-refractivity contribution is 6.30. The average molecular weight is 429 g/mol. The first kappa shape index (κ1) is 20.4.